The first-order chi connectivity index (χ1) is 10.00. The maximum Gasteiger partial charge on any atom is 0.323 e. The van der Waals surface area contributed by atoms with Gasteiger partial charge < -0.3 is 9.47 Å². The molecule has 21 heavy (non-hydrogen) atoms. The third-order valence-electron chi connectivity index (χ3n) is 3.23. The highest BCUT2D eigenvalue weighted by Crippen LogP contribution is 2.31. The molecule has 0 aromatic carbocycles. The second kappa shape index (κ2) is 7.98. The Kier molecular flexibility index (Phi) is 6.62. The van der Waals surface area contributed by atoms with Crippen LogP contribution in [0, 0.1) is 5.41 Å². The molecule has 1 aromatic rings. The molecule has 1 aromatic heterocycles. The summed E-state index contributed by atoms with van der Waals surface area (Å²) in [4.78, 5) is 28.6. The van der Waals surface area contributed by atoms with Crippen LogP contribution in [0.1, 0.15) is 32.8 Å². The highest BCUT2D eigenvalue weighted by Gasteiger charge is 2.47. The number of rotatable bonds is 7. The topological polar surface area (TPSA) is 65.5 Å². The van der Waals surface area contributed by atoms with E-state index >= 15 is 0 Å². The van der Waals surface area contributed by atoms with E-state index in [-0.39, 0.29) is 26.1 Å². The summed E-state index contributed by atoms with van der Waals surface area (Å²) in [5.74, 6) is -1.14. The molecule has 0 unspecified atom stereocenters. The first kappa shape index (κ1) is 17.4. The van der Waals surface area contributed by atoms with Crippen LogP contribution in [0.3, 0.4) is 0 Å². The number of halogens is 1. The van der Waals surface area contributed by atoms with Gasteiger partial charge in [0.05, 0.1) is 13.2 Å². The zero-order valence-corrected chi connectivity index (χ0v) is 13.3. The average molecular weight is 314 g/mol. The van der Waals surface area contributed by atoms with Crippen molar-refractivity contribution >= 4 is 23.5 Å². The molecule has 0 N–H and O–H groups in total. The van der Waals surface area contributed by atoms with Crippen LogP contribution < -0.4 is 0 Å². The quantitative estimate of drug-likeness (QED) is 0.440. The van der Waals surface area contributed by atoms with Gasteiger partial charge in [-0.2, -0.15) is 0 Å². The molecule has 0 radical (unpaired) electrons. The molecule has 1 heterocycles. The van der Waals surface area contributed by atoms with Gasteiger partial charge in [0, 0.05) is 12.6 Å². The van der Waals surface area contributed by atoms with Crippen molar-refractivity contribution in [2.45, 2.75) is 33.6 Å². The van der Waals surface area contributed by atoms with Crippen molar-refractivity contribution in [1.82, 2.24) is 4.98 Å². The molecule has 0 saturated heterocycles. The maximum atomic E-state index is 12.3. The van der Waals surface area contributed by atoms with Crippen molar-refractivity contribution in [3.8, 4) is 0 Å². The van der Waals surface area contributed by atoms with E-state index in [9.17, 15) is 9.59 Å². The summed E-state index contributed by atoms with van der Waals surface area (Å²) in [5, 5.41) is 0.355. The number of ether oxygens (including phenoxy) is 2. The van der Waals surface area contributed by atoms with Crippen molar-refractivity contribution in [1.29, 1.82) is 0 Å². The SMILES string of the molecule is CCOC(=O)C(CC)(Cc1ccc(Cl)nc1)C(=O)OCC. The molecule has 116 valence electrons. The number of hydrogen-bond donors (Lipinski definition) is 0. The largest absolute Gasteiger partial charge is 0.465 e. The van der Waals surface area contributed by atoms with Crippen LogP contribution in [0.2, 0.25) is 5.15 Å². The van der Waals surface area contributed by atoms with Gasteiger partial charge in [0.25, 0.3) is 0 Å². The van der Waals surface area contributed by atoms with Crippen molar-refractivity contribution in [3.63, 3.8) is 0 Å². The number of hydrogen-bond acceptors (Lipinski definition) is 5. The predicted molar refractivity (Wildman–Crippen MR) is 78.9 cm³/mol. The van der Waals surface area contributed by atoms with Gasteiger partial charge in [-0.15, -0.1) is 0 Å². The Morgan fingerprint density at radius 3 is 2.10 bits per heavy atom. The fourth-order valence-electron chi connectivity index (χ4n) is 2.04. The molecule has 0 amide bonds. The number of pyridine rings is 1. The van der Waals surface area contributed by atoms with Crippen molar-refractivity contribution < 1.29 is 19.1 Å². The van der Waals surface area contributed by atoms with Crippen LogP contribution in [0.15, 0.2) is 18.3 Å². The molecular weight excluding hydrogens is 294 g/mol. The summed E-state index contributed by atoms with van der Waals surface area (Å²) in [6, 6.07) is 3.35. The molecule has 0 fully saturated rings. The standard InChI is InChI=1S/C15H20ClNO4/c1-4-15(13(18)20-5-2,14(19)21-6-3)9-11-7-8-12(16)17-10-11/h7-8,10H,4-6,9H2,1-3H3. The van der Waals surface area contributed by atoms with Crippen LogP contribution in [0.25, 0.3) is 0 Å². The summed E-state index contributed by atoms with van der Waals surface area (Å²) in [5.41, 5.74) is -0.621. The van der Waals surface area contributed by atoms with Gasteiger partial charge in [-0.3, -0.25) is 9.59 Å². The van der Waals surface area contributed by atoms with Gasteiger partial charge in [0.1, 0.15) is 5.15 Å². The predicted octanol–water partition coefficient (Wildman–Crippen LogP) is 2.80. The first-order valence-corrected chi connectivity index (χ1v) is 7.32. The summed E-state index contributed by atoms with van der Waals surface area (Å²) in [6.45, 7) is 5.58. The monoisotopic (exact) mass is 313 g/mol. The Morgan fingerprint density at radius 2 is 1.71 bits per heavy atom. The average Bonchev–Trinajstić information content (AvgIpc) is 2.47. The van der Waals surface area contributed by atoms with E-state index in [2.05, 4.69) is 4.98 Å². The van der Waals surface area contributed by atoms with Gasteiger partial charge in [-0.05, 0) is 31.9 Å². The zero-order valence-electron chi connectivity index (χ0n) is 12.5. The third-order valence-corrected chi connectivity index (χ3v) is 3.45. The van der Waals surface area contributed by atoms with Crippen molar-refractivity contribution in [3.05, 3.63) is 29.0 Å². The highest BCUT2D eigenvalue weighted by molar-refractivity contribution is 6.29. The molecule has 0 atom stereocenters. The molecule has 5 nitrogen and oxygen atoms in total. The molecule has 1 rings (SSSR count). The summed E-state index contributed by atoms with van der Waals surface area (Å²) < 4.78 is 10.2. The lowest BCUT2D eigenvalue weighted by molar-refractivity contribution is -0.172. The lowest BCUT2D eigenvalue weighted by Gasteiger charge is -2.27. The molecule has 0 aliphatic heterocycles. The molecule has 0 spiro atoms. The number of aromatic nitrogens is 1. The minimum absolute atomic E-state index is 0.172. The second-order valence-corrected chi connectivity index (χ2v) is 4.93. The van der Waals surface area contributed by atoms with Crippen LogP contribution in [0.5, 0.6) is 0 Å². The van der Waals surface area contributed by atoms with E-state index < -0.39 is 17.4 Å². The van der Waals surface area contributed by atoms with E-state index in [0.29, 0.717) is 5.15 Å². The van der Waals surface area contributed by atoms with Gasteiger partial charge in [0.2, 0.25) is 0 Å². The third kappa shape index (κ3) is 4.17. The molecule has 0 saturated carbocycles. The van der Waals surface area contributed by atoms with E-state index in [1.54, 1.807) is 39.1 Å². The number of carbonyl (C=O) groups excluding carboxylic acids is 2. The van der Waals surface area contributed by atoms with Crippen LogP contribution >= 0.6 is 11.6 Å². The van der Waals surface area contributed by atoms with Crippen LogP contribution in [-0.2, 0) is 25.5 Å². The first-order valence-electron chi connectivity index (χ1n) is 6.95. The molecular formula is C15H20ClNO4. The van der Waals surface area contributed by atoms with E-state index in [0.717, 1.165) is 5.56 Å². The molecule has 0 bridgehead atoms. The van der Waals surface area contributed by atoms with E-state index in [1.165, 1.54) is 0 Å². The van der Waals surface area contributed by atoms with Gasteiger partial charge in [-0.1, -0.05) is 24.6 Å². The Hall–Kier alpha value is -1.62. The van der Waals surface area contributed by atoms with Crippen molar-refractivity contribution in [2.24, 2.45) is 5.41 Å². The Balaban J connectivity index is 3.12. The fourth-order valence-corrected chi connectivity index (χ4v) is 2.15. The van der Waals surface area contributed by atoms with Crippen molar-refractivity contribution in [2.75, 3.05) is 13.2 Å². The molecule has 0 aliphatic carbocycles. The number of esters is 2. The van der Waals surface area contributed by atoms with Crippen LogP contribution in [-0.4, -0.2) is 30.1 Å². The number of carbonyl (C=O) groups is 2. The second-order valence-electron chi connectivity index (χ2n) is 4.54. The summed E-state index contributed by atoms with van der Waals surface area (Å²) >= 11 is 5.75. The van der Waals surface area contributed by atoms with Gasteiger partial charge in [-0.25, -0.2) is 4.98 Å². The normalized spacial score (nSPS) is 11.0. The maximum absolute atomic E-state index is 12.3. The lowest BCUT2D eigenvalue weighted by atomic mass is 9.79. The molecule has 6 heteroatoms. The zero-order chi connectivity index (χ0) is 15.9. The highest BCUT2D eigenvalue weighted by atomic mass is 35.5. The fraction of sp³-hybridized carbons (Fsp3) is 0.533. The van der Waals surface area contributed by atoms with E-state index in [4.69, 9.17) is 21.1 Å². The minimum Gasteiger partial charge on any atom is -0.465 e. The Labute approximate surface area is 129 Å². The smallest absolute Gasteiger partial charge is 0.323 e. The number of nitrogens with zero attached hydrogens (tertiary/aromatic N) is 1. The van der Waals surface area contributed by atoms with Gasteiger partial charge >= 0.3 is 11.9 Å². The Bertz CT molecular complexity index is 469. The lowest BCUT2D eigenvalue weighted by Crippen LogP contribution is -2.43. The molecule has 0 aliphatic rings. The minimum atomic E-state index is -1.35. The van der Waals surface area contributed by atoms with E-state index in [1.807, 2.05) is 0 Å². The summed E-state index contributed by atoms with van der Waals surface area (Å²) in [6.07, 6.45) is 2.00. The van der Waals surface area contributed by atoms with Gasteiger partial charge in [0.15, 0.2) is 5.41 Å². The summed E-state index contributed by atoms with van der Waals surface area (Å²) in [7, 11) is 0. The Morgan fingerprint density at radius 1 is 1.14 bits per heavy atom. The van der Waals surface area contributed by atoms with Crippen LogP contribution in [0.4, 0.5) is 0 Å².